The number of Topliss-reactive ketones (excluding diaryl/α,β-unsaturated/α-hetero) is 2. The number of aliphatic carboxylic acids is 2. The first-order chi connectivity index (χ1) is 11.8. The largest absolute Gasteiger partial charge is 0.481 e. The van der Waals surface area contributed by atoms with E-state index < -0.39 is 28.9 Å². The molecule has 0 radical (unpaired) electrons. The van der Waals surface area contributed by atoms with Gasteiger partial charge in [-0.1, -0.05) is 12.8 Å². The number of rotatable bonds is 10. The average Bonchev–Trinajstić information content (AvgIpc) is 2.56. The highest BCUT2D eigenvalue weighted by Crippen LogP contribution is 2.31. The Labute approximate surface area is 144 Å². The SMILES string of the molecule is CC(=O)C(CCCCCC(=O)O)(C(=O)O)C(=O)c1ccc(C#N)nc1. The second kappa shape index (κ2) is 8.68. The molecule has 0 amide bonds. The van der Waals surface area contributed by atoms with Crippen LogP contribution in [0.25, 0.3) is 0 Å². The maximum absolute atomic E-state index is 12.7. The fourth-order valence-electron chi connectivity index (χ4n) is 2.49. The van der Waals surface area contributed by atoms with Gasteiger partial charge >= 0.3 is 11.9 Å². The van der Waals surface area contributed by atoms with Crippen LogP contribution in [-0.4, -0.2) is 38.7 Å². The lowest BCUT2D eigenvalue weighted by molar-refractivity contribution is -0.151. The number of unbranched alkanes of at least 4 members (excludes halogenated alkanes) is 2. The van der Waals surface area contributed by atoms with Crippen LogP contribution in [0.5, 0.6) is 0 Å². The average molecular weight is 346 g/mol. The molecule has 2 N–H and O–H groups in total. The van der Waals surface area contributed by atoms with Crippen molar-refractivity contribution in [3.63, 3.8) is 0 Å². The Morgan fingerprint density at radius 2 is 1.84 bits per heavy atom. The highest BCUT2D eigenvalue weighted by Gasteiger charge is 2.50. The Kier molecular flexibility index (Phi) is 6.93. The molecule has 1 heterocycles. The van der Waals surface area contributed by atoms with Crippen LogP contribution < -0.4 is 0 Å². The minimum absolute atomic E-state index is 0.0619. The molecule has 25 heavy (non-hydrogen) atoms. The van der Waals surface area contributed by atoms with Crippen molar-refractivity contribution in [1.29, 1.82) is 5.26 Å². The summed E-state index contributed by atoms with van der Waals surface area (Å²) in [5, 5.41) is 26.9. The first kappa shape index (κ1) is 20.0. The molecule has 0 saturated carbocycles. The summed E-state index contributed by atoms with van der Waals surface area (Å²) < 4.78 is 0. The zero-order chi connectivity index (χ0) is 19.0. The zero-order valence-electron chi connectivity index (χ0n) is 13.7. The third-order valence-electron chi connectivity index (χ3n) is 3.94. The standard InChI is InChI=1S/C17H18N2O6/c1-11(20)17(16(24)25,8-4-2-3-5-14(21)22)15(23)12-6-7-13(9-18)19-10-12/h6-7,10H,2-5,8H2,1H3,(H,21,22)(H,24,25). The van der Waals surface area contributed by atoms with Gasteiger partial charge in [-0.05, 0) is 31.9 Å². The normalized spacial score (nSPS) is 12.6. The van der Waals surface area contributed by atoms with Gasteiger partial charge in [0.05, 0.1) is 0 Å². The Morgan fingerprint density at radius 3 is 2.28 bits per heavy atom. The van der Waals surface area contributed by atoms with Crippen molar-refractivity contribution in [3.05, 3.63) is 29.6 Å². The number of nitriles is 1. The zero-order valence-corrected chi connectivity index (χ0v) is 13.7. The predicted molar refractivity (Wildman–Crippen MR) is 84.8 cm³/mol. The molecular weight excluding hydrogens is 328 g/mol. The number of ketones is 2. The van der Waals surface area contributed by atoms with Crippen LogP contribution >= 0.6 is 0 Å². The van der Waals surface area contributed by atoms with Gasteiger partial charge < -0.3 is 10.2 Å². The van der Waals surface area contributed by atoms with Crippen molar-refractivity contribution in [2.45, 2.75) is 39.0 Å². The lowest BCUT2D eigenvalue weighted by Gasteiger charge is -2.25. The maximum atomic E-state index is 12.7. The molecule has 0 saturated heterocycles. The van der Waals surface area contributed by atoms with Gasteiger partial charge in [0.2, 0.25) is 0 Å². The molecule has 1 aromatic rings. The lowest BCUT2D eigenvalue weighted by atomic mass is 9.73. The number of pyridine rings is 1. The van der Waals surface area contributed by atoms with Crippen molar-refractivity contribution < 1.29 is 29.4 Å². The number of aromatic nitrogens is 1. The fraction of sp³-hybridized carbons (Fsp3) is 0.412. The van der Waals surface area contributed by atoms with Crippen molar-refractivity contribution in [3.8, 4) is 6.07 Å². The number of hydrogen-bond acceptors (Lipinski definition) is 6. The molecule has 1 unspecified atom stereocenters. The molecular formula is C17H18N2O6. The van der Waals surface area contributed by atoms with E-state index in [9.17, 15) is 24.3 Å². The molecule has 8 nitrogen and oxygen atoms in total. The number of nitrogens with zero attached hydrogens (tertiary/aromatic N) is 2. The molecule has 0 aromatic carbocycles. The predicted octanol–water partition coefficient (Wildman–Crippen LogP) is 1.83. The van der Waals surface area contributed by atoms with Gasteiger partial charge in [-0.15, -0.1) is 0 Å². The molecule has 1 atom stereocenters. The highest BCUT2D eigenvalue weighted by atomic mass is 16.4. The number of carboxylic acid groups (broad SMARTS) is 2. The van der Waals surface area contributed by atoms with Crippen LogP contribution in [-0.2, 0) is 14.4 Å². The van der Waals surface area contributed by atoms with Crippen molar-refractivity contribution in [2.24, 2.45) is 5.41 Å². The van der Waals surface area contributed by atoms with Gasteiger partial charge in [0.15, 0.2) is 17.0 Å². The second-order valence-corrected chi connectivity index (χ2v) is 5.59. The van der Waals surface area contributed by atoms with E-state index >= 15 is 0 Å². The number of carboxylic acids is 2. The first-order valence-electron chi connectivity index (χ1n) is 7.63. The summed E-state index contributed by atoms with van der Waals surface area (Å²) in [6.45, 7) is 1.04. The number of carbonyl (C=O) groups excluding carboxylic acids is 2. The van der Waals surface area contributed by atoms with E-state index in [-0.39, 0.29) is 30.5 Å². The molecule has 0 aliphatic rings. The van der Waals surface area contributed by atoms with Crippen LogP contribution in [0.1, 0.15) is 55.1 Å². The third kappa shape index (κ3) is 4.70. The molecule has 1 aromatic heterocycles. The Hall–Kier alpha value is -3.08. The highest BCUT2D eigenvalue weighted by molar-refractivity contribution is 6.26. The third-order valence-corrected chi connectivity index (χ3v) is 3.94. The summed E-state index contributed by atoms with van der Waals surface area (Å²) in [6.07, 6.45) is 1.72. The summed E-state index contributed by atoms with van der Waals surface area (Å²) in [6, 6.07) is 4.31. The Balaban J connectivity index is 3.03. The van der Waals surface area contributed by atoms with Gasteiger partial charge in [0.25, 0.3) is 0 Å². The van der Waals surface area contributed by atoms with Crippen molar-refractivity contribution in [1.82, 2.24) is 4.98 Å². The molecule has 0 aliphatic carbocycles. The van der Waals surface area contributed by atoms with Crippen LogP contribution in [0.3, 0.4) is 0 Å². The second-order valence-electron chi connectivity index (χ2n) is 5.59. The van der Waals surface area contributed by atoms with Crippen LogP contribution in [0.4, 0.5) is 0 Å². The van der Waals surface area contributed by atoms with E-state index in [1.165, 1.54) is 12.1 Å². The van der Waals surface area contributed by atoms with Gasteiger partial charge in [-0.3, -0.25) is 19.2 Å². The summed E-state index contributed by atoms with van der Waals surface area (Å²) in [5.41, 5.74) is -2.24. The topological polar surface area (TPSA) is 145 Å². The maximum Gasteiger partial charge on any atom is 0.325 e. The minimum Gasteiger partial charge on any atom is -0.481 e. The number of hydrogen-bond donors (Lipinski definition) is 2. The Bertz CT molecular complexity index is 704. The van der Waals surface area contributed by atoms with Crippen LogP contribution in [0, 0.1) is 16.7 Å². The molecule has 1 rings (SSSR count). The summed E-state index contributed by atoms with van der Waals surface area (Å²) >= 11 is 0. The van der Waals surface area contributed by atoms with Gasteiger partial charge in [-0.2, -0.15) is 5.26 Å². The summed E-state index contributed by atoms with van der Waals surface area (Å²) in [4.78, 5) is 50.7. The minimum atomic E-state index is -2.24. The summed E-state index contributed by atoms with van der Waals surface area (Å²) in [7, 11) is 0. The van der Waals surface area contributed by atoms with E-state index in [0.717, 1.165) is 13.1 Å². The van der Waals surface area contributed by atoms with Crippen LogP contribution in [0.15, 0.2) is 18.3 Å². The Morgan fingerprint density at radius 1 is 1.16 bits per heavy atom. The molecule has 132 valence electrons. The van der Waals surface area contributed by atoms with E-state index in [1.807, 2.05) is 0 Å². The van der Waals surface area contributed by atoms with E-state index in [2.05, 4.69) is 4.98 Å². The van der Waals surface area contributed by atoms with Crippen molar-refractivity contribution in [2.75, 3.05) is 0 Å². The monoisotopic (exact) mass is 346 g/mol. The van der Waals surface area contributed by atoms with Gasteiger partial charge in [0, 0.05) is 18.2 Å². The molecule has 8 heteroatoms. The lowest BCUT2D eigenvalue weighted by Crippen LogP contribution is -2.45. The van der Waals surface area contributed by atoms with Crippen molar-refractivity contribution >= 4 is 23.5 Å². The fourth-order valence-corrected chi connectivity index (χ4v) is 2.49. The van der Waals surface area contributed by atoms with Crippen LogP contribution in [0.2, 0.25) is 0 Å². The van der Waals surface area contributed by atoms with E-state index in [0.29, 0.717) is 12.8 Å². The van der Waals surface area contributed by atoms with Gasteiger partial charge in [-0.25, -0.2) is 4.98 Å². The van der Waals surface area contributed by atoms with Gasteiger partial charge in [0.1, 0.15) is 11.8 Å². The van der Waals surface area contributed by atoms with E-state index in [4.69, 9.17) is 10.4 Å². The number of carbonyl (C=O) groups is 4. The smallest absolute Gasteiger partial charge is 0.325 e. The first-order valence-corrected chi connectivity index (χ1v) is 7.63. The summed E-state index contributed by atoms with van der Waals surface area (Å²) in [5.74, 6) is -4.20. The molecule has 0 aliphatic heterocycles. The van der Waals surface area contributed by atoms with E-state index in [1.54, 1.807) is 6.07 Å². The molecule has 0 spiro atoms. The quantitative estimate of drug-likeness (QED) is 0.370. The molecule has 0 fully saturated rings. The molecule has 0 bridgehead atoms.